The fourth-order valence-electron chi connectivity index (χ4n) is 2.94. The van der Waals surface area contributed by atoms with Gasteiger partial charge in [-0.3, -0.25) is 4.79 Å². The van der Waals surface area contributed by atoms with E-state index in [9.17, 15) is 9.90 Å². The molecular weight excluding hydrogens is 300 g/mol. The quantitative estimate of drug-likeness (QED) is 0.919. The number of ether oxygens (including phenoxy) is 1. The number of hydrogen-bond acceptors (Lipinski definition) is 2. The lowest BCUT2D eigenvalue weighted by Gasteiger charge is -2.24. The minimum Gasteiger partial charge on any atom is -0.489 e. The smallest absolute Gasteiger partial charge is 0.310 e. The van der Waals surface area contributed by atoms with Crippen LogP contribution in [0.3, 0.4) is 0 Å². The van der Waals surface area contributed by atoms with E-state index in [2.05, 4.69) is 0 Å². The first-order valence-corrected chi connectivity index (χ1v) is 7.27. The van der Waals surface area contributed by atoms with Crippen LogP contribution in [0.15, 0.2) is 48.5 Å². The number of benzene rings is 2. The number of carboxylic acid groups (broad SMARTS) is 1. The molecule has 0 radical (unpaired) electrons. The second-order valence-corrected chi connectivity index (χ2v) is 5.38. The summed E-state index contributed by atoms with van der Waals surface area (Å²) in [6.45, 7) is 0.509. The van der Waals surface area contributed by atoms with Crippen LogP contribution < -0.4 is 4.74 Å². The van der Waals surface area contributed by atoms with Gasteiger partial charge < -0.3 is 9.84 Å². The van der Waals surface area contributed by atoms with Gasteiger partial charge in [0.25, 0.3) is 0 Å². The molecule has 1 atom stereocenters. The number of carbonyl (C=O) groups is 1. The highest BCUT2D eigenvalue weighted by Crippen LogP contribution is 2.37. The summed E-state index contributed by atoms with van der Waals surface area (Å²) in [5, 5.41) is 9.34. The van der Waals surface area contributed by atoms with Gasteiger partial charge in [0.05, 0.1) is 5.92 Å². The SMILES string of the molecule is Cl.O=C(O)[C@H]1CCCc2c(OCc3ccccc3)cccc21. The summed E-state index contributed by atoms with van der Waals surface area (Å²) in [5.74, 6) is -0.313. The number of hydrogen-bond donors (Lipinski definition) is 1. The van der Waals surface area contributed by atoms with Crippen molar-refractivity contribution in [2.75, 3.05) is 0 Å². The third kappa shape index (κ3) is 3.42. The normalized spacial score (nSPS) is 16.3. The Kier molecular flexibility index (Phi) is 5.45. The zero-order valence-corrected chi connectivity index (χ0v) is 13.0. The Balaban J connectivity index is 0.00000176. The molecule has 0 spiro atoms. The van der Waals surface area contributed by atoms with E-state index in [-0.39, 0.29) is 12.4 Å². The van der Waals surface area contributed by atoms with Crippen molar-refractivity contribution in [3.63, 3.8) is 0 Å². The van der Waals surface area contributed by atoms with Crippen molar-refractivity contribution in [3.8, 4) is 5.75 Å². The predicted molar refractivity (Wildman–Crippen MR) is 87.8 cm³/mol. The average molecular weight is 319 g/mol. The lowest BCUT2D eigenvalue weighted by molar-refractivity contribution is -0.139. The van der Waals surface area contributed by atoms with Gasteiger partial charge in [0.2, 0.25) is 0 Å². The Bertz CT molecular complexity index is 640. The Morgan fingerprint density at radius 1 is 1.14 bits per heavy atom. The molecular formula is C18H19ClO3. The third-order valence-corrected chi connectivity index (χ3v) is 4.00. The second-order valence-electron chi connectivity index (χ2n) is 5.38. The first-order valence-electron chi connectivity index (χ1n) is 7.27. The standard InChI is InChI=1S/C18H18O3.ClH/c19-18(20)16-10-4-9-15-14(16)8-5-11-17(15)21-12-13-6-2-1-3-7-13;/h1-3,5-8,11,16H,4,9-10,12H2,(H,19,20);1H/t16-;/m0./s1. The lowest BCUT2D eigenvalue weighted by atomic mass is 9.82. The zero-order chi connectivity index (χ0) is 14.7. The highest BCUT2D eigenvalue weighted by Gasteiger charge is 2.27. The molecule has 116 valence electrons. The summed E-state index contributed by atoms with van der Waals surface area (Å²) in [6.07, 6.45) is 2.50. The molecule has 0 bridgehead atoms. The van der Waals surface area contributed by atoms with Crippen molar-refractivity contribution in [1.29, 1.82) is 0 Å². The van der Waals surface area contributed by atoms with Crippen LogP contribution in [0.25, 0.3) is 0 Å². The minimum absolute atomic E-state index is 0. The van der Waals surface area contributed by atoms with Gasteiger partial charge >= 0.3 is 5.97 Å². The maximum absolute atomic E-state index is 11.4. The predicted octanol–water partition coefficient (Wildman–Crippen LogP) is 4.19. The van der Waals surface area contributed by atoms with Crippen molar-refractivity contribution >= 4 is 18.4 Å². The fraction of sp³-hybridized carbons (Fsp3) is 0.278. The van der Waals surface area contributed by atoms with Crippen LogP contribution in [-0.4, -0.2) is 11.1 Å². The van der Waals surface area contributed by atoms with Crippen LogP contribution in [0, 0.1) is 0 Å². The van der Waals surface area contributed by atoms with Crippen LogP contribution in [0.1, 0.15) is 35.4 Å². The summed E-state index contributed by atoms with van der Waals surface area (Å²) < 4.78 is 5.93. The number of fused-ring (bicyclic) bond motifs is 1. The molecule has 3 rings (SSSR count). The number of aliphatic carboxylic acids is 1. The summed E-state index contributed by atoms with van der Waals surface area (Å²) in [4.78, 5) is 11.4. The average Bonchev–Trinajstić information content (AvgIpc) is 2.53. The molecule has 2 aromatic carbocycles. The van der Waals surface area contributed by atoms with Crippen LogP contribution >= 0.6 is 12.4 Å². The molecule has 2 aromatic rings. The Hall–Kier alpha value is -2.00. The molecule has 0 aromatic heterocycles. The topological polar surface area (TPSA) is 46.5 Å². The van der Waals surface area contributed by atoms with Crippen molar-refractivity contribution in [3.05, 3.63) is 65.2 Å². The van der Waals surface area contributed by atoms with Crippen molar-refractivity contribution < 1.29 is 14.6 Å². The summed E-state index contributed by atoms with van der Waals surface area (Å²) in [6, 6.07) is 15.7. The number of rotatable bonds is 4. The first kappa shape index (κ1) is 16.4. The number of halogens is 1. The van der Waals surface area contributed by atoms with E-state index in [1.807, 2.05) is 48.5 Å². The van der Waals surface area contributed by atoms with Gasteiger partial charge in [-0.1, -0.05) is 42.5 Å². The maximum Gasteiger partial charge on any atom is 0.310 e. The molecule has 0 saturated carbocycles. The molecule has 3 nitrogen and oxygen atoms in total. The summed E-state index contributed by atoms with van der Waals surface area (Å²) >= 11 is 0. The molecule has 0 saturated heterocycles. The maximum atomic E-state index is 11.4. The Morgan fingerprint density at radius 2 is 1.91 bits per heavy atom. The largest absolute Gasteiger partial charge is 0.489 e. The van der Waals surface area contributed by atoms with Gasteiger partial charge in [0, 0.05) is 0 Å². The van der Waals surface area contributed by atoms with E-state index in [4.69, 9.17) is 4.74 Å². The van der Waals surface area contributed by atoms with E-state index in [0.29, 0.717) is 13.0 Å². The molecule has 1 N–H and O–H groups in total. The molecule has 0 amide bonds. The molecule has 1 aliphatic carbocycles. The van der Waals surface area contributed by atoms with E-state index in [1.54, 1.807) is 0 Å². The van der Waals surface area contributed by atoms with E-state index in [1.165, 1.54) is 0 Å². The van der Waals surface area contributed by atoms with Crippen LogP contribution in [0.2, 0.25) is 0 Å². The van der Waals surface area contributed by atoms with E-state index in [0.717, 1.165) is 35.3 Å². The third-order valence-electron chi connectivity index (χ3n) is 4.00. The summed E-state index contributed by atoms with van der Waals surface area (Å²) in [7, 11) is 0. The lowest BCUT2D eigenvalue weighted by Crippen LogP contribution is -2.18. The number of carboxylic acids is 1. The van der Waals surface area contributed by atoms with E-state index < -0.39 is 11.9 Å². The highest BCUT2D eigenvalue weighted by molar-refractivity contribution is 5.85. The molecule has 0 unspecified atom stereocenters. The van der Waals surface area contributed by atoms with Gasteiger partial charge in [-0.15, -0.1) is 12.4 Å². The molecule has 1 aliphatic rings. The fourth-order valence-corrected chi connectivity index (χ4v) is 2.94. The van der Waals surface area contributed by atoms with Crippen molar-refractivity contribution in [2.24, 2.45) is 0 Å². The Morgan fingerprint density at radius 3 is 2.64 bits per heavy atom. The van der Waals surface area contributed by atoms with Gasteiger partial charge in [-0.25, -0.2) is 0 Å². The Labute approximate surface area is 136 Å². The summed E-state index contributed by atoms with van der Waals surface area (Å²) in [5.41, 5.74) is 3.09. The molecule has 22 heavy (non-hydrogen) atoms. The minimum atomic E-state index is -0.740. The van der Waals surface area contributed by atoms with Crippen LogP contribution in [0.4, 0.5) is 0 Å². The van der Waals surface area contributed by atoms with Gasteiger partial charge in [0.1, 0.15) is 12.4 Å². The second kappa shape index (κ2) is 7.32. The molecule has 0 fully saturated rings. The van der Waals surface area contributed by atoms with Gasteiger partial charge in [0.15, 0.2) is 0 Å². The van der Waals surface area contributed by atoms with E-state index >= 15 is 0 Å². The zero-order valence-electron chi connectivity index (χ0n) is 12.2. The van der Waals surface area contributed by atoms with Crippen LogP contribution in [-0.2, 0) is 17.8 Å². The monoisotopic (exact) mass is 318 g/mol. The van der Waals surface area contributed by atoms with Gasteiger partial charge in [-0.2, -0.15) is 0 Å². The van der Waals surface area contributed by atoms with Crippen molar-refractivity contribution in [2.45, 2.75) is 31.8 Å². The first-order chi connectivity index (χ1) is 10.3. The molecule has 0 aliphatic heterocycles. The van der Waals surface area contributed by atoms with Crippen LogP contribution in [0.5, 0.6) is 5.75 Å². The molecule has 4 heteroatoms. The van der Waals surface area contributed by atoms with Gasteiger partial charge in [-0.05, 0) is 42.0 Å². The van der Waals surface area contributed by atoms with Crippen molar-refractivity contribution in [1.82, 2.24) is 0 Å². The highest BCUT2D eigenvalue weighted by atomic mass is 35.5. The molecule has 0 heterocycles.